The Morgan fingerprint density at radius 3 is 2.78 bits per heavy atom. The first-order chi connectivity index (χ1) is 13.2. The largest absolute Gasteiger partial charge is 0.497 e. The third kappa shape index (κ3) is 2.86. The summed E-state index contributed by atoms with van der Waals surface area (Å²) in [7, 11) is 1.67. The van der Waals surface area contributed by atoms with E-state index in [2.05, 4.69) is 19.8 Å². The van der Waals surface area contributed by atoms with Crippen molar-refractivity contribution in [2.75, 3.05) is 38.2 Å². The average molecular weight is 367 g/mol. The van der Waals surface area contributed by atoms with Gasteiger partial charge in [0.05, 0.1) is 19.3 Å². The zero-order valence-corrected chi connectivity index (χ0v) is 15.5. The van der Waals surface area contributed by atoms with Gasteiger partial charge in [-0.05, 0) is 44.0 Å². The highest BCUT2D eigenvalue weighted by atomic mass is 16.6. The zero-order valence-electron chi connectivity index (χ0n) is 15.5. The van der Waals surface area contributed by atoms with Crippen LogP contribution in [0, 0.1) is 5.92 Å². The third-order valence-corrected chi connectivity index (χ3v) is 6.24. The molecule has 7 heteroatoms. The molecule has 4 fully saturated rings. The normalized spacial score (nSPS) is 32.2. The number of rotatable bonds is 3. The van der Waals surface area contributed by atoms with Gasteiger partial charge in [0, 0.05) is 18.2 Å². The fraction of sp³-hybridized carbons (Fsp3) is 0.500. The van der Waals surface area contributed by atoms with Gasteiger partial charge in [-0.25, -0.2) is 9.97 Å². The highest BCUT2D eigenvalue weighted by Crippen LogP contribution is 2.43. The fourth-order valence-corrected chi connectivity index (χ4v) is 4.81. The van der Waals surface area contributed by atoms with Gasteiger partial charge in [-0.3, -0.25) is 5.73 Å². The lowest BCUT2D eigenvalue weighted by Crippen LogP contribution is -2.61. The van der Waals surface area contributed by atoms with Crippen molar-refractivity contribution < 1.29 is 9.47 Å². The van der Waals surface area contributed by atoms with Crippen molar-refractivity contribution >= 4 is 5.82 Å². The van der Waals surface area contributed by atoms with E-state index in [1.54, 1.807) is 13.4 Å². The molecule has 6 rings (SSSR count). The van der Waals surface area contributed by atoms with Crippen LogP contribution in [-0.2, 0) is 4.74 Å². The number of anilines is 1. The van der Waals surface area contributed by atoms with Crippen LogP contribution in [0.3, 0.4) is 0 Å². The number of hydrogen-bond acceptors (Lipinski definition) is 7. The van der Waals surface area contributed by atoms with Crippen molar-refractivity contribution in [1.82, 2.24) is 14.9 Å². The molecule has 2 atom stereocenters. The minimum absolute atomic E-state index is 0.170. The molecule has 0 aliphatic carbocycles. The second kappa shape index (κ2) is 6.44. The molecule has 142 valence electrons. The number of aromatic nitrogens is 2. The summed E-state index contributed by atoms with van der Waals surface area (Å²) in [5.41, 5.74) is 8.06. The Labute approximate surface area is 159 Å². The molecule has 0 amide bonds. The van der Waals surface area contributed by atoms with E-state index in [4.69, 9.17) is 15.2 Å². The summed E-state index contributed by atoms with van der Waals surface area (Å²) in [6.45, 7) is 4.11. The summed E-state index contributed by atoms with van der Waals surface area (Å²) in [6.07, 6.45) is 3.51. The van der Waals surface area contributed by atoms with Gasteiger partial charge in [0.2, 0.25) is 0 Å². The molecule has 2 bridgehead atoms. The van der Waals surface area contributed by atoms with E-state index in [-0.39, 0.29) is 5.60 Å². The number of piperidine rings is 3. The summed E-state index contributed by atoms with van der Waals surface area (Å²) in [5, 5.41) is 0. The van der Waals surface area contributed by atoms with Crippen LogP contribution < -0.4 is 15.4 Å². The van der Waals surface area contributed by atoms with Crippen molar-refractivity contribution in [1.29, 1.82) is 0 Å². The summed E-state index contributed by atoms with van der Waals surface area (Å²) < 4.78 is 11.7. The molecule has 5 heterocycles. The Hall–Kier alpha value is -2.22. The average Bonchev–Trinajstić information content (AvgIpc) is 3.04. The molecule has 2 unspecified atom stereocenters. The van der Waals surface area contributed by atoms with Gasteiger partial charge < -0.3 is 19.3 Å². The maximum absolute atomic E-state index is 6.39. The van der Waals surface area contributed by atoms with Crippen molar-refractivity contribution in [2.45, 2.75) is 24.8 Å². The van der Waals surface area contributed by atoms with Crippen LogP contribution in [0.2, 0.25) is 0 Å². The third-order valence-electron chi connectivity index (χ3n) is 6.24. The Kier molecular flexibility index (Phi) is 4.03. The Balaban J connectivity index is 1.43. The standard InChI is InChI=1S/C20H25N5O2/c1-26-16-4-2-3-14(9-16)17-10-18(23-13-22-17)25-12-20(27-19(25)21)11-24-7-5-15(20)6-8-24/h2-4,9-10,13,15,19H,5-8,11-12,21H2,1H3. The Morgan fingerprint density at radius 1 is 1.19 bits per heavy atom. The monoisotopic (exact) mass is 367 g/mol. The number of hydrogen-bond donors (Lipinski definition) is 1. The summed E-state index contributed by atoms with van der Waals surface area (Å²) in [6, 6.07) is 9.86. The fourth-order valence-electron chi connectivity index (χ4n) is 4.81. The number of nitrogens with two attached hydrogens (primary N) is 1. The number of ether oxygens (including phenoxy) is 2. The molecular formula is C20H25N5O2. The van der Waals surface area contributed by atoms with E-state index < -0.39 is 6.35 Å². The number of benzene rings is 1. The minimum atomic E-state index is -0.474. The van der Waals surface area contributed by atoms with Crippen molar-refractivity contribution in [3.8, 4) is 17.0 Å². The minimum Gasteiger partial charge on any atom is -0.497 e. The first-order valence-electron chi connectivity index (χ1n) is 9.56. The lowest BCUT2D eigenvalue weighted by molar-refractivity contribution is -0.137. The molecule has 7 nitrogen and oxygen atoms in total. The maximum atomic E-state index is 6.39. The molecule has 0 saturated carbocycles. The molecule has 1 aromatic heterocycles. The van der Waals surface area contributed by atoms with Gasteiger partial charge in [0.25, 0.3) is 0 Å². The molecule has 2 aromatic rings. The van der Waals surface area contributed by atoms with E-state index in [0.717, 1.165) is 35.9 Å². The van der Waals surface area contributed by atoms with E-state index >= 15 is 0 Å². The summed E-state index contributed by atoms with van der Waals surface area (Å²) in [4.78, 5) is 13.5. The van der Waals surface area contributed by atoms with Gasteiger partial charge in [0.1, 0.15) is 23.5 Å². The highest BCUT2D eigenvalue weighted by Gasteiger charge is 2.54. The number of fused-ring (bicyclic) bond motifs is 2. The first-order valence-corrected chi connectivity index (χ1v) is 9.56. The SMILES string of the molecule is COc1cccc(-c2cc(N3CC4(CN5CCC4CC5)OC3N)ncn2)c1. The highest BCUT2D eigenvalue weighted by molar-refractivity contribution is 5.64. The summed E-state index contributed by atoms with van der Waals surface area (Å²) >= 11 is 0. The zero-order chi connectivity index (χ0) is 18.4. The van der Waals surface area contributed by atoms with Crippen LogP contribution in [0.15, 0.2) is 36.7 Å². The van der Waals surface area contributed by atoms with E-state index in [1.165, 1.54) is 25.9 Å². The van der Waals surface area contributed by atoms with Crippen molar-refractivity contribution in [3.05, 3.63) is 36.7 Å². The second-order valence-electron chi connectivity index (χ2n) is 7.74. The number of methoxy groups -OCH3 is 1. The van der Waals surface area contributed by atoms with Crippen molar-refractivity contribution in [2.24, 2.45) is 11.7 Å². The van der Waals surface area contributed by atoms with Gasteiger partial charge in [0.15, 0.2) is 6.35 Å². The molecule has 0 radical (unpaired) electrons. The van der Waals surface area contributed by atoms with Crippen molar-refractivity contribution in [3.63, 3.8) is 0 Å². The van der Waals surface area contributed by atoms with Gasteiger partial charge >= 0.3 is 0 Å². The first kappa shape index (κ1) is 16.9. The van der Waals surface area contributed by atoms with E-state index in [1.807, 2.05) is 30.3 Å². The van der Waals surface area contributed by atoms with Crippen LogP contribution in [0.5, 0.6) is 5.75 Å². The molecule has 27 heavy (non-hydrogen) atoms. The van der Waals surface area contributed by atoms with Crippen LogP contribution in [0.4, 0.5) is 5.82 Å². The Bertz CT molecular complexity index is 839. The molecular weight excluding hydrogens is 342 g/mol. The van der Waals surface area contributed by atoms with Gasteiger partial charge in [-0.1, -0.05) is 12.1 Å². The molecule has 1 spiro atoms. The van der Waals surface area contributed by atoms with Crippen LogP contribution in [0.1, 0.15) is 12.8 Å². The van der Waals surface area contributed by atoms with Crippen LogP contribution >= 0.6 is 0 Å². The molecule has 4 saturated heterocycles. The second-order valence-corrected chi connectivity index (χ2v) is 7.74. The van der Waals surface area contributed by atoms with E-state index in [9.17, 15) is 0 Å². The quantitative estimate of drug-likeness (QED) is 0.885. The smallest absolute Gasteiger partial charge is 0.186 e. The van der Waals surface area contributed by atoms with Crippen LogP contribution in [0.25, 0.3) is 11.3 Å². The van der Waals surface area contributed by atoms with Crippen LogP contribution in [-0.4, -0.2) is 60.1 Å². The summed E-state index contributed by atoms with van der Waals surface area (Å²) in [5.74, 6) is 2.20. The lowest BCUT2D eigenvalue weighted by atomic mass is 9.75. The number of nitrogens with zero attached hydrogens (tertiary/aromatic N) is 4. The molecule has 2 N–H and O–H groups in total. The topological polar surface area (TPSA) is 76.7 Å². The molecule has 1 aromatic carbocycles. The lowest BCUT2D eigenvalue weighted by Gasteiger charge is -2.50. The molecule has 4 aliphatic heterocycles. The Morgan fingerprint density at radius 2 is 2.04 bits per heavy atom. The van der Waals surface area contributed by atoms with Gasteiger partial charge in [-0.15, -0.1) is 0 Å². The predicted octanol–water partition coefficient (Wildman–Crippen LogP) is 1.70. The maximum Gasteiger partial charge on any atom is 0.186 e. The van der Waals surface area contributed by atoms with Gasteiger partial charge in [-0.2, -0.15) is 0 Å². The molecule has 4 aliphatic rings. The predicted molar refractivity (Wildman–Crippen MR) is 102 cm³/mol. The van der Waals surface area contributed by atoms with E-state index in [0.29, 0.717) is 5.92 Å².